The second-order valence-electron chi connectivity index (χ2n) is 5.66. The zero-order valence-corrected chi connectivity index (χ0v) is 15.7. The fraction of sp³-hybridized carbons (Fsp3) is 0.158. The Bertz CT molecular complexity index is 1060. The van der Waals surface area contributed by atoms with Crippen LogP contribution in [0.2, 0.25) is 0 Å². The first-order valence-corrected chi connectivity index (χ1v) is 9.95. The molecule has 26 heavy (non-hydrogen) atoms. The van der Waals surface area contributed by atoms with E-state index < -0.39 is 0 Å². The molecule has 1 aromatic carbocycles. The summed E-state index contributed by atoms with van der Waals surface area (Å²) in [6.07, 6.45) is 4.22. The number of benzene rings is 1. The molecule has 0 radical (unpaired) electrons. The maximum atomic E-state index is 12.6. The van der Waals surface area contributed by atoms with Crippen LogP contribution in [0.25, 0.3) is 20.8 Å². The molecule has 0 bridgehead atoms. The molecule has 0 aliphatic heterocycles. The Balaban J connectivity index is 1.53. The van der Waals surface area contributed by atoms with E-state index in [1.807, 2.05) is 35.7 Å². The highest BCUT2D eigenvalue weighted by Crippen LogP contribution is 2.25. The number of hydrogen-bond acceptors (Lipinski definition) is 6. The minimum absolute atomic E-state index is 0.124. The molecule has 0 atom stereocenters. The summed E-state index contributed by atoms with van der Waals surface area (Å²) in [4.78, 5) is 26.9. The minimum Gasteiger partial charge on any atom is -0.346 e. The number of thiophene rings is 1. The van der Waals surface area contributed by atoms with Gasteiger partial charge in [-0.2, -0.15) is 0 Å². The fourth-order valence-electron chi connectivity index (χ4n) is 2.65. The van der Waals surface area contributed by atoms with Crippen LogP contribution in [0.15, 0.2) is 48.1 Å². The minimum atomic E-state index is -0.124. The third-order valence-electron chi connectivity index (χ3n) is 3.94. The number of thiazole rings is 1. The van der Waals surface area contributed by atoms with Crippen molar-refractivity contribution in [3.05, 3.63) is 64.4 Å². The topological polar surface area (TPSA) is 67.8 Å². The van der Waals surface area contributed by atoms with Gasteiger partial charge in [0.2, 0.25) is 0 Å². The molecule has 5 nitrogen and oxygen atoms in total. The number of nitrogens with zero attached hydrogens (tertiary/aromatic N) is 3. The molecule has 4 rings (SSSR count). The van der Waals surface area contributed by atoms with Gasteiger partial charge in [0, 0.05) is 18.0 Å². The Morgan fingerprint density at radius 1 is 1.19 bits per heavy atom. The number of aryl methyl sites for hydroxylation is 1. The van der Waals surface area contributed by atoms with Crippen LogP contribution in [0, 0.1) is 0 Å². The molecule has 3 heterocycles. The molecule has 0 saturated heterocycles. The molecule has 0 spiro atoms. The SMILES string of the molecule is CCc1nc2ccc(C(=O)NCc3nccnc3-c3cccs3)cc2s1. The predicted molar refractivity (Wildman–Crippen MR) is 106 cm³/mol. The first kappa shape index (κ1) is 16.8. The number of nitrogens with one attached hydrogen (secondary N) is 1. The molecule has 0 fully saturated rings. The second kappa shape index (κ2) is 7.31. The van der Waals surface area contributed by atoms with Crippen LogP contribution in [0.5, 0.6) is 0 Å². The number of carbonyl (C=O) groups is 1. The monoisotopic (exact) mass is 380 g/mol. The molecule has 130 valence electrons. The largest absolute Gasteiger partial charge is 0.346 e. The molecule has 7 heteroatoms. The summed E-state index contributed by atoms with van der Waals surface area (Å²) in [6.45, 7) is 2.41. The maximum Gasteiger partial charge on any atom is 0.251 e. The van der Waals surface area contributed by atoms with Crippen molar-refractivity contribution in [3.8, 4) is 10.6 Å². The van der Waals surface area contributed by atoms with Crippen LogP contribution >= 0.6 is 22.7 Å². The molecular formula is C19H16N4OS2. The van der Waals surface area contributed by atoms with Crippen LogP contribution < -0.4 is 5.32 Å². The Morgan fingerprint density at radius 2 is 2.08 bits per heavy atom. The quantitative estimate of drug-likeness (QED) is 0.560. The first-order chi connectivity index (χ1) is 12.7. The Kier molecular flexibility index (Phi) is 4.73. The molecule has 0 aliphatic rings. The average Bonchev–Trinajstić information content (AvgIpc) is 3.35. The molecule has 1 amide bonds. The normalized spacial score (nSPS) is 11.0. The van der Waals surface area contributed by atoms with Crippen molar-refractivity contribution >= 4 is 38.8 Å². The lowest BCUT2D eigenvalue weighted by Crippen LogP contribution is -2.23. The summed E-state index contributed by atoms with van der Waals surface area (Å²) < 4.78 is 1.04. The number of carbonyl (C=O) groups excluding carboxylic acids is 1. The molecule has 0 aliphatic carbocycles. The molecule has 3 aromatic heterocycles. The van der Waals surface area contributed by atoms with Gasteiger partial charge in [-0.05, 0) is 36.1 Å². The second-order valence-corrected chi connectivity index (χ2v) is 7.72. The lowest BCUT2D eigenvalue weighted by molar-refractivity contribution is 0.0950. The highest BCUT2D eigenvalue weighted by molar-refractivity contribution is 7.18. The van der Waals surface area contributed by atoms with Gasteiger partial charge < -0.3 is 5.32 Å². The third kappa shape index (κ3) is 3.36. The fourth-order valence-corrected chi connectivity index (χ4v) is 4.34. The highest BCUT2D eigenvalue weighted by atomic mass is 32.1. The summed E-state index contributed by atoms with van der Waals surface area (Å²) in [5, 5.41) is 6.03. The van der Waals surface area contributed by atoms with Crippen molar-refractivity contribution < 1.29 is 4.79 Å². The lowest BCUT2D eigenvalue weighted by atomic mass is 10.2. The Hall–Kier alpha value is -2.64. The lowest BCUT2D eigenvalue weighted by Gasteiger charge is -2.08. The summed E-state index contributed by atoms with van der Waals surface area (Å²) in [5.74, 6) is -0.124. The van der Waals surface area contributed by atoms with Gasteiger partial charge in [0.1, 0.15) is 5.69 Å². The summed E-state index contributed by atoms with van der Waals surface area (Å²) in [6, 6.07) is 9.60. The molecular weight excluding hydrogens is 364 g/mol. The van der Waals surface area contributed by atoms with E-state index in [9.17, 15) is 4.79 Å². The van der Waals surface area contributed by atoms with E-state index in [2.05, 4.69) is 27.2 Å². The number of hydrogen-bond donors (Lipinski definition) is 1. The van der Waals surface area contributed by atoms with Gasteiger partial charge in [-0.3, -0.25) is 14.8 Å². The molecule has 4 aromatic rings. The average molecular weight is 380 g/mol. The van der Waals surface area contributed by atoms with E-state index >= 15 is 0 Å². The van der Waals surface area contributed by atoms with Gasteiger partial charge >= 0.3 is 0 Å². The van der Waals surface area contributed by atoms with Crippen molar-refractivity contribution in [2.45, 2.75) is 19.9 Å². The van der Waals surface area contributed by atoms with Crippen LogP contribution in [-0.4, -0.2) is 20.9 Å². The molecule has 0 unspecified atom stereocenters. The zero-order chi connectivity index (χ0) is 17.9. The van der Waals surface area contributed by atoms with E-state index in [0.29, 0.717) is 12.1 Å². The standard InChI is InChI=1S/C19H16N4OS2/c1-2-17-23-13-6-5-12(10-16(13)26-17)19(24)22-11-14-18(21-8-7-20-14)15-4-3-9-25-15/h3-10H,2,11H2,1H3,(H,22,24). The van der Waals surface area contributed by atoms with Crippen LogP contribution in [0.3, 0.4) is 0 Å². The van der Waals surface area contributed by atoms with Gasteiger partial charge in [0.15, 0.2) is 0 Å². The number of amides is 1. The third-order valence-corrected chi connectivity index (χ3v) is 5.98. The predicted octanol–water partition coefficient (Wildman–Crippen LogP) is 4.31. The smallest absolute Gasteiger partial charge is 0.251 e. The summed E-state index contributed by atoms with van der Waals surface area (Å²) in [7, 11) is 0. The number of fused-ring (bicyclic) bond motifs is 1. The Morgan fingerprint density at radius 3 is 2.88 bits per heavy atom. The Labute approximate surface area is 158 Å². The van der Waals surface area contributed by atoms with Crippen LogP contribution in [-0.2, 0) is 13.0 Å². The van der Waals surface area contributed by atoms with E-state index in [4.69, 9.17) is 0 Å². The summed E-state index contributed by atoms with van der Waals surface area (Å²) >= 11 is 3.24. The number of rotatable bonds is 5. The van der Waals surface area contributed by atoms with Gasteiger partial charge in [-0.15, -0.1) is 22.7 Å². The maximum absolute atomic E-state index is 12.6. The van der Waals surface area contributed by atoms with Crippen LogP contribution in [0.4, 0.5) is 0 Å². The van der Waals surface area contributed by atoms with E-state index in [1.165, 1.54) is 0 Å². The van der Waals surface area contributed by atoms with E-state index in [1.54, 1.807) is 35.1 Å². The van der Waals surface area contributed by atoms with Crippen molar-refractivity contribution in [1.29, 1.82) is 0 Å². The van der Waals surface area contributed by atoms with Gasteiger partial charge in [-0.1, -0.05) is 13.0 Å². The molecule has 1 N–H and O–H groups in total. The van der Waals surface area contributed by atoms with Gasteiger partial charge in [0.25, 0.3) is 5.91 Å². The van der Waals surface area contributed by atoms with Gasteiger partial charge in [-0.25, -0.2) is 4.98 Å². The molecule has 0 saturated carbocycles. The van der Waals surface area contributed by atoms with E-state index in [-0.39, 0.29) is 5.91 Å². The van der Waals surface area contributed by atoms with Crippen molar-refractivity contribution in [3.63, 3.8) is 0 Å². The summed E-state index contributed by atoms with van der Waals surface area (Å²) in [5.41, 5.74) is 3.14. The van der Waals surface area contributed by atoms with Crippen molar-refractivity contribution in [2.75, 3.05) is 0 Å². The highest BCUT2D eigenvalue weighted by Gasteiger charge is 2.12. The van der Waals surface area contributed by atoms with Crippen LogP contribution in [0.1, 0.15) is 28.0 Å². The zero-order valence-electron chi connectivity index (χ0n) is 14.1. The first-order valence-electron chi connectivity index (χ1n) is 8.26. The van der Waals surface area contributed by atoms with Gasteiger partial charge in [0.05, 0.1) is 32.3 Å². The number of aromatic nitrogens is 3. The van der Waals surface area contributed by atoms with Crippen molar-refractivity contribution in [2.24, 2.45) is 0 Å². The van der Waals surface area contributed by atoms with E-state index in [0.717, 1.165) is 37.9 Å². The van der Waals surface area contributed by atoms with Crippen molar-refractivity contribution in [1.82, 2.24) is 20.3 Å².